The summed E-state index contributed by atoms with van der Waals surface area (Å²) in [7, 11) is 1.70. The van der Waals surface area contributed by atoms with E-state index in [1.54, 1.807) is 19.4 Å². The van der Waals surface area contributed by atoms with Crippen LogP contribution in [-0.4, -0.2) is 33.4 Å². The number of phenolic OH excluding ortho intramolecular Hbond substituents is 1. The number of hydrogen-bond donors (Lipinski definition) is 1. The number of hydrogen-bond acceptors (Lipinski definition) is 4. The number of ether oxygens (including phenoxy) is 1. The molecule has 0 unspecified atom stereocenters. The maximum atomic E-state index is 10.0. The first-order valence-electron chi connectivity index (χ1n) is 7.35. The summed E-state index contributed by atoms with van der Waals surface area (Å²) in [6.45, 7) is 1.26. The van der Waals surface area contributed by atoms with E-state index in [-0.39, 0.29) is 0 Å². The minimum Gasteiger partial charge on any atom is -0.508 e. The molecule has 0 saturated carbocycles. The molecule has 5 heteroatoms. The number of nitrogens with zero attached hydrogens (tertiary/aromatic N) is 3. The van der Waals surface area contributed by atoms with Crippen molar-refractivity contribution < 1.29 is 9.84 Å². The Kier molecular flexibility index (Phi) is 4.34. The first kappa shape index (κ1) is 14.5. The molecular weight excluding hydrogens is 278 g/mol. The normalized spacial score (nSPS) is 11.1. The summed E-state index contributed by atoms with van der Waals surface area (Å²) < 4.78 is 7.19. The van der Waals surface area contributed by atoms with E-state index in [4.69, 9.17) is 4.74 Å². The van der Waals surface area contributed by atoms with Gasteiger partial charge in [0.2, 0.25) is 0 Å². The van der Waals surface area contributed by atoms with Crippen molar-refractivity contribution in [3.63, 3.8) is 0 Å². The van der Waals surface area contributed by atoms with Crippen LogP contribution < -0.4 is 0 Å². The topological polar surface area (TPSA) is 60.2 Å². The van der Waals surface area contributed by atoms with Gasteiger partial charge in [0.1, 0.15) is 17.1 Å². The Morgan fingerprint density at radius 3 is 2.86 bits per heavy atom. The van der Waals surface area contributed by atoms with Crippen LogP contribution in [0.15, 0.2) is 42.6 Å². The van der Waals surface area contributed by atoms with Crippen molar-refractivity contribution >= 4 is 11.2 Å². The van der Waals surface area contributed by atoms with Gasteiger partial charge in [0.25, 0.3) is 0 Å². The van der Waals surface area contributed by atoms with Gasteiger partial charge in [0.05, 0.1) is 6.54 Å². The highest BCUT2D eigenvalue weighted by atomic mass is 16.5. The molecule has 3 aromatic rings. The van der Waals surface area contributed by atoms with Crippen molar-refractivity contribution in [3.8, 4) is 5.75 Å². The van der Waals surface area contributed by atoms with Crippen LogP contribution in [-0.2, 0) is 17.7 Å². The molecule has 2 aromatic heterocycles. The summed E-state index contributed by atoms with van der Waals surface area (Å²) in [5.74, 6) is 1.26. The number of aromatic hydroxyl groups is 1. The van der Waals surface area contributed by atoms with Gasteiger partial charge in [0, 0.05) is 31.9 Å². The van der Waals surface area contributed by atoms with Gasteiger partial charge in [-0.05, 0) is 24.6 Å². The highest BCUT2D eigenvalue weighted by Gasteiger charge is 2.13. The molecule has 0 bridgehead atoms. The third-order valence-electron chi connectivity index (χ3n) is 3.65. The molecule has 0 aliphatic carbocycles. The highest BCUT2D eigenvalue weighted by molar-refractivity contribution is 5.71. The van der Waals surface area contributed by atoms with E-state index in [0.29, 0.717) is 18.9 Å². The van der Waals surface area contributed by atoms with Crippen LogP contribution in [0.25, 0.3) is 11.2 Å². The number of fused-ring (bicyclic) bond motifs is 1. The molecule has 0 aliphatic heterocycles. The highest BCUT2D eigenvalue weighted by Crippen LogP contribution is 2.21. The summed E-state index contributed by atoms with van der Waals surface area (Å²) in [5, 5.41) is 10.0. The number of aromatic nitrogens is 3. The maximum Gasteiger partial charge on any atom is 0.160 e. The number of benzene rings is 1. The quantitative estimate of drug-likeness (QED) is 0.711. The zero-order valence-corrected chi connectivity index (χ0v) is 12.6. The molecule has 0 atom stereocenters. The molecule has 0 saturated heterocycles. The van der Waals surface area contributed by atoms with Gasteiger partial charge in [-0.25, -0.2) is 9.97 Å². The smallest absolute Gasteiger partial charge is 0.160 e. The number of pyridine rings is 1. The fourth-order valence-corrected chi connectivity index (χ4v) is 2.55. The second-order valence-corrected chi connectivity index (χ2v) is 5.19. The van der Waals surface area contributed by atoms with E-state index in [0.717, 1.165) is 35.4 Å². The molecule has 5 nitrogen and oxygen atoms in total. The molecule has 1 N–H and O–H groups in total. The maximum absolute atomic E-state index is 10.0. The molecule has 1 aromatic carbocycles. The van der Waals surface area contributed by atoms with Crippen LogP contribution in [0, 0.1) is 0 Å². The third-order valence-corrected chi connectivity index (χ3v) is 3.65. The predicted molar refractivity (Wildman–Crippen MR) is 84.9 cm³/mol. The Labute approximate surface area is 129 Å². The Bertz CT molecular complexity index is 767. The van der Waals surface area contributed by atoms with Crippen LogP contribution in [0.3, 0.4) is 0 Å². The first-order chi connectivity index (χ1) is 10.8. The van der Waals surface area contributed by atoms with Crippen LogP contribution in [0.2, 0.25) is 0 Å². The lowest BCUT2D eigenvalue weighted by molar-refractivity contribution is 0.194. The zero-order chi connectivity index (χ0) is 15.4. The molecule has 0 spiro atoms. The number of phenols is 1. The number of rotatable bonds is 6. The van der Waals surface area contributed by atoms with Crippen molar-refractivity contribution in [1.29, 1.82) is 0 Å². The number of methoxy groups -OCH3 is 1. The predicted octanol–water partition coefficient (Wildman–Crippen LogP) is 2.76. The Balaban J connectivity index is 1.98. The Hall–Kier alpha value is -2.40. The van der Waals surface area contributed by atoms with Crippen LogP contribution in [0.4, 0.5) is 0 Å². The molecule has 22 heavy (non-hydrogen) atoms. The largest absolute Gasteiger partial charge is 0.508 e. The molecule has 2 heterocycles. The second kappa shape index (κ2) is 6.58. The third kappa shape index (κ3) is 2.94. The monoisotopic (exact) mass is 297 g/mol. The minimum absolute atomic E-state index is 0.295. The van der Waals surface area contributed by atoms with Gasteiger partial charge in [-0.15, -0.1) is 0 Å². The van der Waals surface area contributed by atoms with E-state index >= 15 is 0 Å². The van der Waals surface area contributed by atoms with Crippen molar-refractivity contribution in [2.24, 2.45) is 0 Å². The zero-order valence-electron chi connectivity index (χ0n) is 12.6. The Morgan fingerprint density at radius 1 is 1.18 bits per heavy atom. The van der Waals surface area contributed by atoms with Crippen molar-refractivity contribution in [3.05, 3.63) is 54.0 Å². The summed E-state index contributed by atoms with van der Waals surface area (Å²) in [4.78, 5) is 9.12. The van der Waals surface area contributed by atoms with Gasteiger partial charge in [0.15, 0.2) is 5.65 Å². The van der Waals surface area contributed by atoms with Gasteiger partial charge < -0.3 is 14.4 Å². The van der Waals surface area contributed by atoms with Crippen molar-refractivity contribution in [2.45, 2.75) is 19.4 Å². The average Bonchev–Trinajstić information content (AvgIpc) is 2.88. The summed E-state index contributed by atoms with van der Waals surface area (Å²) in [5.41, 5.74) is 2.59. The molecule has 0 amide bonds. The molecule has 0 radical (unpaired) electrons. The lowest BCUT2D eigenvalue weighted by atomic mass is 10.2. The van der Waals surface area contributed by atoms with E-state index in [1.165, 1.54) is 0 Å². The molecule has 114 valence electrons. The number of imidazole rings is 1. The molecular formula is C17H19N3O2. The first-order valence-corrected chi connectivity index (χ1v) is 7.35. The lowest BCUT2D eigenvalue weighted by Gasteiger charge is -2.10. The SMILES string of the molecule is COCCCc1nc2cccnc2n1Cc1ccccc1O. The van der Waals surface area contributed by atoms with Gasteiger partial charge in [-0.3, -0.25) is 0 Å². The minimum atomic E-state index is 0.295. The summed E-state index contributed by atoms with van der Waals surface area (Å²) in [6.07, 6.45) is 3.49. The average molecular weight is 297 g/mol. The second-order valence-electron chi connectivity index (χ2n) is 5.19. The molecule has 0 fully saturated rings. The van der Waals surface area contributed by atoms with Crippen molar-refractivity contribution in [1.82, 2.24) is 14.5 Å². The lowest BCUT2D eigenvalue weighted by Crippen LogP contribution is -2.07. The van der Waals surface area contributed by atoms with E-state index < -0.39 is 0 Å². The van der Waals surface area contributed by atoms with E-state index in [2.05, 4.69) is 14.5 Å². The summed E-state index contributed by atoms with van der Waals surface area (Å²) in [6, 6.07) is 11.2. The summed E-state index contributed by atoms with van der Waals surface area (Å²) >= 11 is 0. The fraction of sp³-hybridized carbons (Fsp3) is 0.294. The van der Waals surface area contributed by atoms with Crippen molar-refractivity contribution in [2.75, 3.05) is 13.7 Å². The van der Waals surface area contributed by atoms with E-state index in [9.17, 15) is 5.11 Å². The van der Waals surface area contributed by atoms with Crippen LogP contribution in [0.1, 0.15) is 17.8 Å². The van der Waals surface area contributed by atoms with E-state index in [1.807, 2.05) is 30.3 Å². The molecule has 3 rings (SSSR count). The van der Waals surface area contributed by atoms with Gasteiger partial charge in [-0.1, -0.05) is 18.2 Å². The molecule has 0 aliphatic rings. The van der Waals surface area contributed by atoms with Gasteiger partial charge >= 0.3 is 0 Å². The van der Waals surface area contributed by atoms with Crippen LogP contribution >= 0.6 is 0 Å². The number of aryl methyl sites for hydroxylation is 1. The van der Waals surface area contributed by atoms with Crippen LogP contribution in [0.5, 0.6) is 5.75 Å². The van der Waals surface area contributed by atoms with Gasteiger partial charge in [-0.2, -0.15) is 0 Å². The number of para-hydroxylation sites is 1. The fourth-order valence-electron chi connectivity index (χ4n) is 2.55. The Morgan fingerprint density at radius 2 is 2.05 bits per heavy atom. The standard InChI is InChI=1S/C17H19N3O2/c1-22-11-5-9-16-19-14-7-4-10-18-17(14)20(16)12-13-6-2-3-8-15(13)21/h2-4,6-8,10,21H,5,9,11-12H2,1H3.